The molecular formula is C30H41ClFN7O2S. The molecule has 2 N–H and O–H groups in total. The van der Waals surface area contributed by atoms with Crippen molar-refractivity contribution in [3.05, 3.63) is 45.3 Å². The van der Waals surface area contributed by atoms with Gasteiger partial charge in [-0.05, 0) is 57.4 Å². The fraction of sp³-hybridized carbons (Fsp3) is 0.567. The Hall–Kier alpha value is -2.73. The number of benzene rings is 1. The molecule has 2 aromatic rings. The Bertz CT molecular complexity index is 1320. The monoisotopic (exact) mass is 617 g/mol. The third kappa shape index (κ3) is 7.24. The van der Waals surface area contributed by atoms with E-state index in [-0.39, 0.29) is 18.5 Å². The fourth-order valence-corrected chi connectivity index (χ4v) is 6.97. The zero-order chi connectivity index (χ0) is 29.6. The second-order valence-corrected chi connectivity index (χ2v) is 12.4. The number of carbonyl (C=O) groups excluding carboxylic acids is 1. The number of rotatable bonds is 10. The van der Waals surface area contributed by atoms with E-state index in [0.717, 1.165) is 59.3 Å². The molecule has 0 bridgehead atoms. The number of amidine groups is 1. The van der Waals surface area contributed by atoms with Crippen LogP contribution in [0.5, 0.6) is 0 Å². The Morgan fingerprint density at radius 3 is 2.76 bits per heavy atom. The third-order valence-corrected chi connectivity index (χ3v) is 9.50. The van der Waals surface area contributed by atoms with Gasteiger partial charge in [-0.15, -0.1) is 0 Å². The van der Waals surface area contributed by atoms with Gasteiger partial charge in [0.1, 0.15) is 12.5 Å². The first-order chi connectivity index (χ1) is 20.4. The first-order valence-corrected chi connectivity index (χ1v) is 16.2. The minimum absolute atomic E-state index is 0.183. The molecule has 0 radical (unpaired) electrons. The van der Waals surface area contributed by atoms with Gasteiger partial charge in [-0.2, -0.15) is 4.39 Å². The van der Waals surface area contributed by atoms with Crippen LogP contribution in [-0.4, -0.2) is 90.1 Å². The third-order valence-electron chi connectivity index (χ3n) is 8.18. The summed E-state index contributed by atoms with van der Waals surface area (Å²) in [4.78, 5) is 29.0. The number of ether oxygens (including phenoxy) is 1. The summed E-state index contributed by atoms with van der Waals surface area (Å²) in [5.74, 6) is 0.0519. The largest absolute Gasteiger partial charge is 0.466 e. The molecule has 0 saturated carbocycles. The molecule has 3 aliphatic heterocycles. The van der Waals surface area contributed by atoms with Gasteiger partial charge in [-0.1, -0.05) is 35.9 Å². The Morgan fingerprint density at radius 1 is 1.24 bits per heavy atom. The van der Waals surface area contributed by atoms with Gasteiger partial charge in [0.15, 0.2) is 11.0 Å². The summed E-state index contributed by atoms with van der Waals surface area (Å²) in [6.45, 7) is 12.1. The van der Waals surface area contributed by atoms with Crippen molar-refractivity contribution in [3.8, 4) is 11.3 Å². The highest BCUT2D eigenvalue weighted by Crippen LogP contribution is 2.36. The zero-order valence-corrected chi connectivity index (χ0v) is 26.3. The summed E-state index contributed by atoms with van der Waals surface area (Å²) < 4.78 is 20.9. The van der Waals surface area contributed by atoms with Crippen LogP contribution >= 0.6 is 22.9 Å². The van der Waals surface area contributed by atoms with E-state index in [2.05, 4.69) is 45.3 Å². The van der Waals surface area contributed by atoms with Gasteiger partial charge in [0.2, 0.25) is 5.83 Å². The molecule has 1 atom stereocenters. The minimum Gasteiger partial charge on any atom is -0.466 e. The first kappa shape index (κ1) is 30.7. The highest BCUT2D eigenvalue weighted by atomic mass is 35.5. The number of aliphatic imine (C=N–C) groups is 1. The summed E-state index contributed by atoms with van der Waals surface area (Å²) in [6, 6.07) is 6.60. The summed E-state index contributed by atoms with van der Waals surface area (Å²) in [6.07, 6.45) is 3.60. The lowest BCUT2D eigenvalue weighted by molar-refractivity contribution is -0.143. The molecule has 3 aliphatic rings. The van der Waals surface area contributed by atoms with E-state index in [4.69, 9.17) is 21.3 Å². The van der Waals surface area contributed by atoms with E-state index >= 15 is 4.39 Å². The number of anilines is 1. The average Bonchev–Trinajstić information content (AvgIpc) is 3.59. The maximum absolute atomic E-state index is 15.8. The maximum atomic E-state index is 15.8. The minimum atomic E-state index is -0.410. The molecule has 2 fully saturated rings. The van der Waals surface area contributed by atoms with Crippen molar-refractivity contribution in [2.75, 3.05) is 57.9 Å². The van der Waals surface area contributed by atoms with Crippen molar-refractivity contribution in [1.82, 2.24) is 25.0 Å². The molecule has 1 aromatic carbocycles. The average molecular weight is 618 g/mol. The van der Waals surface area contributed by atoms with Gasteiger partial charge < -0.3 is 20.3 Å². The molecule has 12 heteroatoms. The van der Waals surface area contributed by atoms with Crippen molar-refractivity contribution in [1.29, 1.82) is 0 Å². The number of aryl methyl sites for hydroxylation is 1. The van der Waals surface area contributed by atoms with Crippen LogP contribution in [0.4, 0.5) is 9.52 Å². The van der Waals surface area contributed by atoms with Crippen LogP contribution in [0.1, 0.15) is 50.5 Å². The number of carbonyl (C=O) groups is 1. The lowest BCUT2D eigenvalue weighted by atomic mass is 10.1. The van der Waals surface area contributed by atoms with Gasteiger partial charge >= 0.3 is 5.97 Å². The second kappa shape index (κ2) is 14.2. The summed E-state index contributed by atoms with van der Waals surface area (Å²) in [7, 11) is 0. The topological polar surface area (TPSA) is 85.3 Å². The lowest BCUT2D eigenvalue weighted by Gasteiger charge is -2.37. The molecule has 0 unspecified atom stereocenters. The predicted octanol–water partition coefficient (Wildman–Crippen LogP) is 5.09. The van der Waals surface area contributed by atoms with E-state index in [1.165, 1.54) is 12.8 Å². The van der Waals surface area contributed by atoms with Gasteiger partial charge in [0, 0.05) is 60.8 Å². The normalized spacial score (nSPS) is 20.1. The van der Waals surface area contributed by atoms with E-state index in [1.807, 2.05) is 24.0 Å². The summed E-state index contributed by atoms with van der Waals surface area (Å²) in [5.41, 5.74) is 3.02. The SMILES string of the molecule is CCOC(=O)CCN1CCN(C2=NCNC(Nc3nc(-c4ccc(Cl)c(CC)c4)c(CN4CCC[C@H]4C)s3)=C2F)CC1. The Morgan fingerprint density at radius 2 is 2.05 bits per heavy atom. The van der Waals surface area contributed by atoms with Crippen LogP contribution in [0, 0.1) is 0 Å². The molecule has 0 spiro atoms. The molecule has 0 amide bonds. The number of halogens is 2. The molecule has 0 aliphatic carbocycles. The standard InChI is InChI=1S/C30H41ClFN7O2S/c1-4-21-17-22(8-9-23(21)31)27-24(18-39-11-6-7-20(39)3)42-30(35-27)36-28-26(32)29(34-19-33-28)38-15-13-37(14-16-38)12-10-25(40)41-5-2/h8-9,17,20,33H,4-7,10-16,18-19H2,1-3H3,(H,35,36)/t20-/m1/s1. The molecule has 5 rings (SSSR count). The van der Waals surface area contributed by atoms with Crippen molar-refractivity contribution < 1.29 is 13.9 Å². The maximum Gasteiger partial charge on any atom is 0.307 e. The molecule has 1 aromatic heterocycles. The second-order valence-electron chi connectivity index (χ2n) is 10.9. The Balaban J connectivity index is 1.31. The van der Waals surface area contributed by atoms with E-state index in [9.17, 15) is 4.79 Å². The smallest absolute Gasteiger partial charge is 0.307 e. The molecule has 2 saturated heterocycles. The Kier molecular flexibility index (Phi) is 10.4. The highest BCUT2D eigenvalue weighted by Gasteiger charge is 2.28. The van der Waals surface area contributed by atoms with Crippen molar-refractivity contribution in [3.63, 3.8) is 0 Å². The van der Waals surface area contributed by atoms with E-state index in [1.54, 1.807) is 11.3 Å². The van der Waals surface area contributed by atoms with Crippen LogP contribution in [0.2, 0.25) is 5.02 Å². The van der Waals surface area contributed by atoms with Crippen LogP contribution in [0.15, 0.2) is 34.8 Å². The van der Waals surface area contributed by atoms with Gasteiger partial charge in [0.25, 0.3) is 0 Å². The van der Waals surface area contributed by atoms with Gasteiger partial charge in [0.05, 0.1) is 18.7 Å². The molecule has 4 heterocycles. The number of hydrogen-bond donors (Lipinski definition) is 2. The van der Waals surface area contributed by atoms with Crippen LogP contribution in [0.3, 0.4) is 0 Å². The van der Waals surface area contributed by atoms with Gasteiger partial charge in [-0.25, -0.2) is 9.98 Å². The number of hydrogen-bond acceptors (Lipinski definition) is 10. The number of aromatic nitrogens is 1. The zero-order valence-electron chi connectivity index (χ0n) is 24.7. The summed E-state index contributed by atoms with van der Waals surface area (Å²) in [5, 5.41) is 7.72. The number of likely N-dealkylation sites (tertiary alicyclic amines) is 1. The molecule has 42 heavy (non-hydrogen) atoms. The first-order valence-electron chi connectivity index (χ1n) is 15.0. The Labute approximate surface area is 256 Å². The predicted molar refractivity (Wildman–Crippen MR) is 168 cm³/mol. The van der Waals surface area contributed by atoms with E-state index < -0.39 is 5.83 Å². The van der Waals surface area contributed by atoms with Crippen molar-refractivity contribution in [2.24, 2.45) is 4.99 Å². The number of piperazine rings is 1. The van der Waals surface area contributed by atoms with Crippen LogP contribution < -0.4 is 10.6 Å². The van der Waals surface area contributed by atoms with Crippen LogP contribution in [-0.2, 0) is 22.5 Å². The highest BCUT2D eigenvalue weighted by molar-refractivity contribution is 7.16. The summed E-state index contributed by atoms with van der Waals surface area (Å²) >= 11 is 7.99. The number of esters is 1. The van der Waals surface area contributed by atoms with Crippen LogP contribution in [0.25, 0.3) is 11.3 Å². The number of nitrogens with one attached hydrogen (secondary N) is 2. The van der Waals surface area contributed by atoms with Crippen molar-refractivity contribution >= 4 is 39.9 Å². The van der Waals surface area contributed by atoms with Gasteiger partial charge in [-0.3, -0.25) is 14.6 Å². The fourth-order valence-electron chi connectivity index (χ4n) is 5.71. The molecular weight excluding hydrogens is 577 g/mol. The molecule has 9 nitrogen and oxygen atoms in total. The molecule has 228 valence electrons. The quantitative estimate of drug-likeness (QED) is 0.357. The van der Waals surface area contributed by atoms with Crippen molar-refractivity contribution in [2.45, 2.75) is 59.0 Å². The lowest BCUT2D eigenvalue weighted by Crippen LogP contribution is -2.50. The van der Waals surface area contributed by atoms with E-state index in [0.29, 0.717) is 49.7 Å². The number of nitrogens with zero attached hydrogens (tertiary/aromatic N) is 5. The number of thiazole rings is 1.